The highest BCUT2D eigenvalue weighted by Crippen LogP contribution is 2.15. The Hall–Kier alpha value is -2.90. The van der Waals surface area contributed by atoms with Gasteiger partial charge in [-0.15, -0.1) is 5.10 Å². The molecule has 0 atom stereocenters. The van der Waals surface area contributed by atoms with Gasteiger partial charge in [0, 0.05) is 18.2 Å². The molecule has 0 aliphatic rings. The Kier molecular flexibility index (Phi) is 4.67. The molecule has 0 aliphatic carbocycles. The minimum Gasteiger partial charge on any atom is -0.350 e. The van der Waals surface area contributed by atoms with Crippen LogP contribution in [0.4, 0.5) is 0 Å². The second-order valence-corrected chi connectivity index (χ2v) is 7.16. The molecule has 0 bridgehead atoms. The molecule has 1 amide bonds. The van der Waals surface area contributed by atoms with E-state index in [0.29, 0.717) is 28.9 Å². The van der Waals surface area contributed by atoms with E-state index >= 15 is 0 Å². The molecule has 3 aromatic rings. The number of nitrogens with one attached hydrogen (secondary N) is 2. The molecule has 0 aliphatic heterocycles. The Balaban J connectivity index is 2.26. The number of aryl methyl sites for hydroxylation is 1. The topological polar surface area (TPSA) is 101 Å². The zero-order valence-corrected chi connectivity index (χ0v) is 15.4. The number of fused-ring (bicyclic) bond motifs is 3. The Morgan fingerprint density at radius 3 is 2.62 bits per heavy atom. The standard InChI is InChI=1S/C18H23N5O3/c1-10(2)7-8-22-16(25)13-6-5-12(15(24)19-11(3)4)9-14(13)23-17(22)20-21-18(23)26/h5-6,9-11H,7-8H2,1-4H3,(H,19,24)(H,21,26). The zero-order valence-electron chi connectivity index (χ0n) is 15.4. The molecule has 0 spiro atoms. The van der Waals surface area contributed by atoms with E-state index in [-0.39, 0.29) is 23.3 Å². The molecule has 3 rings (SSSR count). The van der Waals surface area contributed by atoms with Crippen LogP contribution in [-0.4, -0.2) is 31.1 Å². The van der Waals surface area contributed by atoms with Gasteiger partial charge in [0.1, 0.15) is 0 Å². The van der Waals surface area contributed by atoms with Gasteiger partial charge in [-0.2, -0.15) is 0 Å². The first kappa shape index (κ1) is 17.9. The molecule has 2 heterocycles. The van der Waals surface area contributed by atoms with Crippen LogP contribution in [0, 0.1) is 5.92 Å². The SMILES string of the molecule is CC(C)CCn1c(=O)c2ccc(C(=O)NC(C)C)cc2n2c(=O)[nH]nc12. The number of rotatable bonds is 5. The van der Waals surface area contributed by atoms with Crippen molar-refractivity contribution in [3.05, 3.63) is 44.6 Å². The van der Waals surface area contributed by atoms with E-state index in [4.69, 9.17) is 0 Å². The van der Waals surface area contributed by atoms with Crippen LogP contribution in [0.15, 0.2) is 27.8 Å². The molecular formula is C18H23N5O3. The van der Waals surface area contributed by atoms with Crippen LogP contribution >= 0.6 is 0 Å². The molecule has 1 aromatic carbocycles. The smallest absolute Gasteiger partial charge is 0.349 e. The number of hydrogen-bond acceptors (Lipinski definition) is 4. The predicted molar refractivity (Wildman–Crippen MR) is 99.6 cm³/mol. The van der Waals surface area contributed by atoms with Gasteiger partial charge in [0.05, 0.1) is 10.9 Å². The largest absolute Gasteiger partial charge is 0.350 e. The lowest BCUT2D eigenvalue weighted by atomic mass is 10.1. The summed E-state index contributed by atoms with van der Waals surface area (Å²) in [7, 11) is 0. The third-order valence-corrected chi connectivity index (χ3v) is 4.22. The van der Waals surface area contributed by atoms with Crippen molar-refractivity contribution in [2.24, 2.45) is 5.92 Å². The molecule has 0 unspecified atom stereocenters. The molecule has 0 saturated heterocycles. The van der Waals surface area contributed by atoms with E-state index in [0.717, 1.165) is 6.42 Å². The van der Waals surface area contributed by atoms with Crippen molar-refractivity contribution in [1.82, 2.24) is 24.5 Å². The van der Waals surface area contributed by atoms with Crippen molar-refractivity contribution in [1.29, 1.82) is 0 Å². The highest BCUT2D eigenvalue weighted by Gasteiger charge is 2.17. The number of aromatic nitrogens is 4. The maximum absolute atomic E-state index is 12.9. The third-order valence-electron chi connectivity index (χ3n) is 4.22. The Bertz CT molecular complexity index is 1090. The van der Waals surface area contributed by atoms with Gasteiger partial charge >= 0.3 is 5.69 Å². The van der Waals surface area contributed by atoms with E-state index in [9.17, 15) is 14.4 Å². The quantitative estimate of drug-likeness (QED) is 0.723. The summed E-state index contributed by atoms with van der Waals surface area (Å²) >= 11 is 0. The average Bonchev–Trinajstić information content (AvgIpc) is 2.95. The zero-order chi connectivity index (χ0) is 19.0. The van der Waals surface area contributed by atoms with Crippen LogP contribution in [0.3, 0.4) is 0 Å². The van der Waals surface area contributed by atoms with E-state index in [1.165, 1.54) is 8.97 Å². The van der Waals surface area contributed by atoms with Crippen molar-refractivity contribution < 1.29 is 4.79 Å². The van der Waals surface area contributed by atoms with Crippen LogP contribution in [0.2, 0.25) is 0 Å². The Morgan fingerprint density at radius 2 is 1.96 bits per heavy atom. The van der Waals surface area contributed by atoms with E-state index in [2.05, 4.69) is 29.4 Å². The molecule has 2 N–H and O–H groups in total. The fraction of sp³-hybridized carbons (Fsp3) is 0.444. The Morgan fingerprint density at radius 1 is 1.23 bits per heavy atom. The normalized spacial score (nSPS) is 11.8. The maximum Gasteiger partial charge on any atom is 0.349 e. The average molecular weight is 357 g/mol. The summed E-state index contributed by atoms with van der Waals surface area (Å²) in [5.74, 6) is 0.413. The van der Waals surface area contributed by atoms with Crippen LogP contribution in [0.25, 0.3) is 16.7 Å². The molecule has 138 valence electrons. The van der Waals surface area contributed by atoms with Crippen molar-refractivity contribution in [2.75, 3.05) is 0 Å². The number of nitrogens with zero attached hydrogens (tertiary/aromatic N) is 3. The summed E-state index contributed by atoms with van der Waals surface area (Å²) < 4.78 is 2.86. The van der Waals surface area contributed by atoms with Crippen LogP contribution < -0.4 is 16.6 Å². The van der Waals surface area contributed by atoms with E-state index in [1.54, 1.807) is 18.2 Å². The van der Waals surface area contributed by atoms with E-state index < -0.39 is 5.69 Å². The summed E-state index contributed by atoms with van der Waals surface area (Å²) in [5, 5.41) is 9.61. The van der Waals surface area contributed by atoms with Gasteiger partial charge in [0.15, 0.2) is 0 Å². The first-order chi connectivity index (χ1) is 12.3. The Labute approximate surface area is 149 Å². The molecule has 2 aromatic heterocycles. The van der Waals surface area contributed by atoms with Crippen LogP contribution in [-0.2, 0) is 6.54 Å². The number of H-pyrrole nitrogens is 1. The minimum absolute atomic E-state index is 0.0149. The van der Waals surface area contributed by atoms with Gasteiger partial charge < -0.3 is 5.32 Å². The molecule has 0 saturated carbocycles. The number of benzene rings is 1. The molecule has 8 nitrogen and oxygen atoms in total. The summed E-state index contributed by atoms with van der Waals surface area (Å²) in [6.07, 6.45) is 0.789. The molecule has 26 heavy (non-hydrogen) atoms. The number of hydrogen-bond donors (Lipinski definition) is 2. The minimum atomic E-state index is -0.440. The van der Waals surface area contributed by atoms with Gasteiger partial charge in [-0.3, -0.25) is 14.2 Å². The van der Waals surface area contributed by atoms with Crippen molar-refractivity contribution in [3.8, 4) is 0 Å². The molecule has 8 heteroatoms. The molecular weight excluding hydrogens is 334 g/mol. The lowest BCUT2D eigenvalue weighted by molar-refractivity contribution is 0.0943. The van der Waals surface area contributed by atoms with Gasteiger partial charge in [-0.05, 0) is 44.4 Å². The van der Waals surface area contributed by atoms with Gasteiger partial charge in [-0.1, -0.05) is 13.8 Å². The lowest BCUT2D eigenvalue weighted by Crippen LogP contribution is -2.30. The summed E-state index contributed by atoms with van der Waals surface area (Å²) in [4.78, 5) is 37.5. The summed E-state index contributed by atoms with van der Waals surface area (Å²) in [5.41, 5.74) is 0.105. The highest BCUT2D eigenvalue weighted by molar-refractivity contribution is 5.98. The van der Waals surface area contributed by atoms with Crippen molar-refractivity contribution in [3.63, 3.8) is 0 Å². The lowest BCUT2D eigenvalue weighted by Gasteiger charge is -2.12. The van der Waals surface area contributed by atoms with Crippen molar-refractivity contribution in [2.45, 2.75) is 46.7 Å². The van der Waals surface area contributed by atoms with Gasteiger partial charge in [0.25, 0.3) is 11.5 Å². The van der Waals surface area contributed by atoms with E-state index in [1.807, 2.05) is 13.8 Å². The fourth-order valence-electron chi connectivity index (χ4n) is 2.90. The highest BCUT2D eigenvalue weighted by atomic mass is 16.2. The summed E-state index contributed by atoms with van der Waals surface area (Å²) in [6, 6.07) is 4.74. The number of amides is 1. The second-order valence-electron chi connectivity index (χ2n) is 7.16. The number of aromatic amines is 1. The molecule has 0 radical (unpaired) electrons. The third kappa shape index (κ3) is 3.14. The first-order valence-electron chi connectivity index (χ1n) is 8.74. The van der Waals surface area contributed by atoms with Gasteiger partial charge in [0.2, 0.25) is 5.78 Å². The second kappa shape index (κ2) is 6.78. The predicted octanol–water partition coefficient (Wildman–Crippen LogP) is 1.52. The summed E-state index contributed by atoms with van der Waals surface area (Å²) in [6.45, 7) is 8.34. The van der Waals surface area contributed by atoms with Crippen LogP contribution in [0.1, 0.15) is 44.5 Å². The van der Waals surface area contributed by atoms with Crippen molar-refractivity contribution >= 4 is 22.6 Å². The monoisotopic (exact) mass is 357 g/mol. The fourth-order valence-corrected chi connectivity index (χ4v) is 2.90. The first-order valence-corrected chi connectivity index (χ1v) is 8.74. The maximum atomic E-state index is 12.9. The van der Waals surface area contributed by atoms with Gasteiger partial charge in [-0.25, -0.2) is 14.3 Å². The molecule has 0 fully saturated rings. The van der Waals surface area contributed by atoms with Crippen LogP contribution in [0.5, 0.6) is 0 Å². The number of carbonyl (C=O) groups excluding carboxylic acids is 1. The number of carbonyl (C=O) groups is 1.